The van der Waals surface area contributed by atoms with Crippen molar-refractivity contribution in [2.24, 2.45) is 5.84 Å². The van der Waals surface area contributed by atoms with Gasteiger partial charge in [-0.2, -0.15) is 0 Å². The van der Waals surface area contributed by atoms with E-state index >= 15 is 0 Å². The van der Waals surface area contributed by atoms with E-state index in [1.54, 1.807) is 5.43 Å². The lowest BCUT2D eigenvalue weighted by atomic mass is 10.3. The van der Waals surface area contributed by atoms with E-state index in [2.05, 4.69) is 5.32 Å². The number of carbonyl (C=O) groups excluding carboxylic acids is 2. The van der Waals surface area contributed by atoms with Crippen LogP contribution in [0.1, 0.15) is 0 Å². The Bertz CT molecular complexity index is 367. The summed E-state index contributed by atoms with van der Waals surface area (Å²) in [4.78, 5) is 21.6. The number of nitrogens with one attached hydrogen (secondary N) is 2. The topological polar surface area (TPSA) is 84.2 Å². The van der Waals surface area contributed by atoms with Gasteiger partial charge in [-0.1, -0.05) is 6.07 Å². The number of hydrazine groups is 1. The van der Waals surface area contributed by atoms with Crippen molar-refractivity contribution < 1.29 is 14.0 Å². The molecule has 0 radical (unpaired) electrons. The molecule has 0 heterocycles. The molecule has 5 nitrogen and oxygen atoms in total. The molecule has 0 unspecified atom stereocenters. The van der Waals surface area contributed by atoms with Gasteiger partial charge in [-0.3, -0.25) is 15.0 Å². The number of halogens is 1. The number of hydrogen-bond donors (Lipinski definition) is 3. The van der Waals surface area contributed by atoms with Crippen LogP contribution < -0.4 is 16.6 Å². The predicted molar refractivity (Wildman–Crippen MR) is 47.4 cm³/mol. The maximum atomic E-state index is 12.6. The van der Waals surface area contributed by atoms with E-state index in [0.29, 0.717) is 0 Å². The van der Waals surface area contributed by atoms with Crippen LogP contribution in [0, 0.1) is 5.82 Å². The lowest BCUT2D eigenvalue weighted by Gasteiger charge is -2.02. The van der Waals surface area contributed by atoms with E-state index in [0.717, 1.165) is 6.07 Å². The molecule has 1 aromatic carbocycles. The molecule has 0 atom stereocenters. The van der Waals surface area contributed by atoms with Crippen LogP contribution in [-0.4, -0.2) is 11.8 Å². The first-order valence-corrected chi connectivity index (χ1v) is 3.71. The van der Waals surface area contributed by atoms with Crippen LogP contribution in [0.2, 0.25) is 0 Å². The molecule has 0 fully saturated rings. The second-order valence-corrected chi connectivity index (χ2v) is 2.44. The summed E-state index contributed by atoms with van der Waals surface area (Å²) in [6, 6.07) is 5.16. The van der Waals surface area contributed by atoms with Crippen LogP contribution in [0.25, 0.3) is 0 Å². The van der Waals surface area contributed by atoms with Crippen LogP contribution >= 0.6 is 0 Å². The van der Waals surface area contributed by atoms with Crippen molar-refractivity contribution >= 4 is 17.5 Å². The summed E-state index contributed by atoms with van der Waals surface area (Å²) in [5.41, 5.74) is 1.85. The van der Waals surface area contributed by atoms with Crippen molar-refractivity contribution in [2.45, 2.75) is 0 Å². The van der Waals surface area contributed by atoms with Crippen molar-refractivity contribution in [3.05, 3.63) is 30.1 Å². The molecule has 1 rings (SSSR count). The third-order valence-electron chi connectivity index (χ3n) is 1.42. The number of carbonyl (C=O) groups is 2. The second-order valence-electron chi connectivity index (χ2n) is 2.44. The number of nitrogens with two attached hydrogens (primary N) is 1. The fourth-order valence-corrected chi connectivity index (χ4v) is 0.820. The highest BCUT2D eigenvalue weighted by atomic mass is 19.1. The summed E-state index contributed by atoms with van der Waals surface area (Å²) in [5.74, 6) is 2.28. The molecule has 4 N–H and O–H groups in total. The van der Waals surface area contributed by atoms with Crippen LogP contribution in [-0.2, 0) is 9.59 Å². The molecule has 0 aliphatic heterocycles. The van der Waals surface area contributed by atoms with Crippen LogP contribution in [0.3, 0.4) is 0 Å². The van der Waals surface area contributed by atoms with Crippen LogP contribution in [0.5, 0.6) is 0 Å². The number of benzene rings is 1. The first-order valence-electron chi connectivity index (χ1n) is 3.71. The highest BCUT2D eigenvalue weighted by Gasteiger charge is 2.11. The third-order valence-corrected chi connectivity index (χ3v) is 1.42. The Labute approximate surface area is 79.1 Å². The Morgan fingerprint density at radius 1 is 1.29 bits per heavy atom. The quantitative estimate of drug-likeness (QED) is 0.251. The Kier molecular flexibility index (Phi) is 3.14. The smallest absolute Gasteiger partial charge is 0.318 e. The Morgan fingerprint density at radius 2 is 2.00 bits per heavy atom. The van der Waals surface area contributed by atoms with Crippen LogP contribution in [0.4, 0.5) is 10.1 Å². The van der Waals surface area contributed by atoms with Gasteiger partial charge in [-0.05, 0) is 18.2 Å². The van der Waals surface area contributed by atoms with Crippen molar-refractivity contribution in [2.75, 3.05) is 5.32 Å². The van der Waals surface area contributed by atoms with Crippen molar-refractivity contribution in [3.8, 4) is 0 Å². The summed E-state index contributed by atoms with van der Waals surface area (Å²) >= 11 is 0. The minimum atomic E-state index is -0.991. The third kappa shape index (κ3) is 2.53. The van der Waals surface area contributed by atoms with Gasteiger partial charge in [-0.25, -0.2) is 10.2 Å². The standard InChI is InChI=1S/C8H8FN3O2/c9-5-2-1-3-6(4-5)11-7(13)8(14)12-10/h1-4H,10H2,(H,11,13)(H,12,14). The van der Waals surface area contributed by atoms with Gasteiger partial charge >= 0.3 is 11.8 Å². The highest BCUT2D eigenvalue weighted by molar-refractivity contribution is 6.39. The Morgan fingerprint density at radius 3 is 2.57 bits per heavy atom. The van der Waals surface area contributed by atoms with E-state index in [1.165, 1.54) is 18.2 Å². The Balaban J connectivity index is 2.70. The van der Waals surface area contributed by atoms with E-state index < -0.39 is 17.6 Å². The first kappa shape index (κ1) is 10.1. The maximum absolute atomic E-state index is 12.6. The van der Waals surface area contributed by atoms with E-state index in [-0.39, 0.29) is 5.69 Å². The molecule has 2 amide bonds. The molecule has 0 bridgehead atoms. The van der Waals surface area contributed by atoms with Crippen LogP contribution in [0.15, 0.2) is 24.3 Å². The molecule has 14 heavy (non-hydrogen) atoms. The first-order chi connectivity index (χ1) is 6.63. The summed E-state index contributed by atoms with van der Waals surface area (Å²) < 4.78 is 12.6. The SMILES string of the molecule is NNC(=O)C(=O)Nc1cccc(F)c1. The fourth-order valence-electron chi connectivity index (χ4n) is 0.820. The number of anilines is 1. The number of rotatable bonds is 1. The van der Waals surface area contributed by atoms with Gasteiger partial charge in [0.05, 0.1) is 0 Å². The normalized spacial score (nSPS) is 9.29. The minimum absolute atomic E-state index is 0.193. The zero-order valence-corrected chi connectivity index (χ0v) is 7.08. The van der Waals surface area contributed by atoms with E-state index in [9.17, 15) is 14.0 Å². The molecule has 1 aromatic rings. The molecule has 74 valence electrons. The maximum Gasteiger partial charge on any atom is 0.323 e. The molecular formula is C8H8FN3O2. The number of hydrogen-bond acceptors (Lipinski definition) is 3. The monoisotopic (exact) mass is 197 g/mol. The van der Waals surface area contributed by atoms with E-state index in [1.807, 2.05) is 0 Å². The van der Waals surface area contributed by atoms with Gasteiger partial charge in [0.25, 0.3) is 0 Å². The lowest BCUT2D eigenvalue weighted by Crippen LogP contribution is -2.39. The average molecular weight is 197 g/mol. The molecule has 0 aliphatic rings. The summed E-state index contributed by atoms with van der Waals surface area (Å²) in [7, 11) is 0. The molecule has 0 aliphatic carbocycles. The zero-order chi connectivity index (χ0) is 10.6. The Hall–Kier alpha value is -1.95. The fraction of sp³-hybridized carbons (Fsp3) is 0. The largest absolute Gasteiger partial charge is 0.323 e. The lowest BCUT2D eigenvalue weighted by molar-refractivity contribution is -0.136. The molecule has 6 heteroatoms. The summed E-state index contributed by atoms with van der Waals surface area (Å²) in [6.45, 7) is 0. The van der Waals surface area contributed by atoms with Crippen molar-refractivity contribution in [3.63, 3.8) is 0 Å². The van der Waals surface area contributed by atoms with Gasteiger partial charge in [0.2, 0.25) is 0 Å². The molecule has 0 aromatic heterocycles. The molecule has 0 spiro atoms. The van der Waals surface area contributed by atoms with Gasteiger partial charge in [-0.15, -0.1) is 0 Å². The molecule has 0 saturated heterocycles. The van der Waals surface area contributed by atoms with E-state index in [4.69, 9.17) is 5.84 Å². The highest BCUT2D eigenvalue weighted by Crippen LogP contribution is 2.08. The van der Waals surface area contributed by atoms with Gasteiger partial charge in [0, 0.05) is 5.69 Å². The summed E-state index contributed by atoms with van der Waals surface area (Å²) in [6.07, 6.45) is 0. The van der Waals surface area contributed by atoms with Crippen molar-refractivity contribution in [1.29, 1.82) is 0 Å². The average Bonchev–Trinajstić information content (AvgIpc) is 2.16. The number of amides is 2. The zero-order valence-electron chi connectivity index (χ0n) is 7.08. The van der Waals surface area contributed by atoms with Gasteiger partial charge in [0.1, 0.15) is 5.82 Å². The van der Waals surface area contributed by atoms with Gasteiger partial charge < -0.3 is 5.32 Å². The predicted octanol–water partition coefficient (Wildman–Crippen LogP) is -0.246. The molecular weight excluding hydrogens is 189 g/mol. The second kappa shape index (κ2) is 4.33. The summed E-state index contributed by atoms with van der Waals surface area (Å²) in [5, 5.41) is 2.16. The van der Waals surface area contributed by atoms with Gasteiger partial charge in [0.15, 0.2) is 0 Å². The minimum Gasteiger partial charge on any atom is -0.318 e. The molecule has 0 saturated carbocycles. The van der Waals surface area contributed by atoms with Crippen molar-refractivity contribution in [1.82, 2.24) is 5.43 Å².